The number of nitriles is 1. The van der Waals surface area contributed by atoms with Crippen LogP contribution in [0.2, 0.25) is 0 Å². The molecule has 0 bridgehead atoms. The van der Waals surface area contributed by atoms with Gasteiger partial charge in [0.2, 0.25) is 0 Å². The summed E-state index contributed by atoms with van der Waals surface area (Å²) in [5.74, 6) is 0.750. The average molecular weight is 261 g/mol. The Hall–Kier alpha value is -2.36. The van der Waals surface area contributed by atoms with E-state index in [0.29, 0.717) is 17.6 Å². The van der Waals surface area contributed by atoms with Gasteiger partial charge in [-0.3, -0.25) is 13.9 Å². The molecule has 0 spiro atoms. The van der Waals surface area contributed by atoms with E-state index in [1.54, 1.807) is 18.7 Å². The predicted octanol–water partition coefficient (Wildman–Crippen LogP) is -0.0902. The van der Waals surface area contributed by atoms with E-state index < -0.39 is 5.69 Å². The monoisotopic (exact) mass is 261 g/mol. The fourth-order valence-electron chi connectivity index (χ4n) is 2.16. The van der Waals surface area contributed by atoms with E-state index in [0.717, 1.165) is 10.4 Å². The minimum absolute atomic E-state index is 0.102. The van der Waals surface area contributed by atoms with Crippen molar-refractivity contribution in [1.82, 2.24) is 18.7 Å². The van der Waals surface area contributed by atoms with Crippen LogP contribution in [0.5, 0.6) is 0 Å². The highest BCUT2D eigenvalue weighted by atomic mass is 16.2. The molecule has 2 aromatic heterocycles. The Labute approximate surface area is 109 Å². The van der Waals surface area contributed by atoms with E-state index in [-0.39, 0.29) is 18.5 Å². The number of hydrogen-bond donors (Lipinski definition) is 0. The summed E-state index contributed by atoms with van der Waals surface area (Å²) in [5.41, 5.74) is -0.0315. The Bertz CT molecular complexity index is 788. The molecule has 0 atom stereocenters. The van der Waals surface area contributed by atoms with Crippen molar-refractivity contribution >= 4 is 11.2 Å². The molecular formula is C12H15N5O2. The van der Waals surface area contributed by atoms with Crippen LogP contribution < -0.4 is 11.2 Å². The first-order valence-corrected chi connectivity index (χ1v) is 6.05. The third-order valence-electron chi connectivity index (χ3n) is 3.22. The van der Waals surface area contributed by atoms with Gasteiger partial charge in [0.15, 0.2) is 11.2 Å². The fraction of sp³-hybridized carbons (Fsp3) is 0.500. The van der Waals surface area contributed by atoms with Crippen molar-refractivity contribution in [2.24, 2.45) is 14.1 Å². The van der Waals surface area contributed by atoms with Gasteiger partial charge in [-0.05, 0) is 0 Å². The summed E-state index contributed by atoms with van der Waals surface area (Å²) in [6.07, 6.45) is 0.802. The molecule has 2 aromatic rings. The zero-order chi connectivity index (χ0) is 14.2. The number of aromatic nitrogens is 4. The van der Waals surface area contributed by atoms with Gasteiger partial charge in [0, 0.05) is 27.1 Å². The van der Waals surface area contributed by atoms with Gasteiger partial charge in [-0.1, -0.05) is 6.92 Å². The molecule has 0 unspecified atom stereocenters. The van der Waals surface area contributed by atoms with Crippen LogP contribution in [0.1, 0.15) is 19.2 Å². The Morgan fingerprint density at radius 3 is 2.53 bits per heavy atom. The number of imidazole rings is 1. The lowest BCUT2D eigenvalue weighted by Gasteiger charge is -2.06. The largest absolute Gasteiger partial charge is 0.332 e. The van der Waals surface area contributed by atoms with Crippen molar-refractivity contribution in [3.63, 3.8) is 0 Å². The Kier molecular flexibility index (Phi) is 3.25. The van der Waals surface area contributed by atoms with Gasteiger partial charge in [0.05, 0.1) is 12.5 Å². The van der Waals surface area contributed by atoms with Crippen LogP contribution in [0, 0.1) is 11.3 Å². The van der Waals surface area contributed by atoms with Gasteiger partial charge in [-0.2, -0.15) is 5.26 Å². The minimum Gasteiger partial charge on any atom is -0.325 e. The van der Waals surface area contributed by atoms with Crippen LogP contribution in [0.3, 0.4) is 0 Å². The van der Waals surface area contributed by atoms with Crippen LogP contribution in [0.4, 0.5) is 0 Å². The van der Waals surface area contributed by atoms with Crippen molar-refractivity contribution in [3.8, 4) is 6.07 Å². The maximum atomic E-state index is 12.3. The number of nitrogens with zero attached hydrogens (tertiary/aromatic N) is 5. The molecule has 100 valence electrons. The zero-order valence-corrected chi connectivity index (χ0v) is 11.2. The van der Waals surface area contributed by atoms with Crippen molar-refractivity contribution < 1.29 is 0 Å². The molecule has 0 fully saturated rings. The van der Waals surface area contributed by atoms with Gasteiger partial charge >= 0.3 is 5.69 Å². The topological polar surface area (TPSA) is 85.6 Å². The standard InChI is InChI=1S/C12H15N5O2/c1-4-8-14-10-9(15(8)2)11(18)17(7-5-6-13)12(19)16(10)3/h4-5,7H2,1-3H3. The van der Waals surface area contributed by atoms with Crippen molar-refractivity contribution in [2.45, 2.75) is 26.3 Å². The first-order chi connectivity index (χ1) is 9.02. The summed E-state index contributed by atoms with van der Waals surface area (Å²) in [7, 11) is 3.34. The van der Waals surface area contributed by atoms with Crippen LogP contribution in [-0.2, 0) is 27.1 Å². The second kappa shape index (κ2) is 4.72. The van der Waals surface area contributed by atoms with E-state index in [1.807, 2.05) is 13.0 Å². The molecule has 0 aliphatic rings. The number of hydrogen-bond acceptors (Lipinski definition) is 4. The molecule has 0 aromatic carbocycles. The first kappa shape index (κ1) is 13.1. The van der Waals surface area contributed by atoms with Crippen LogP contribution in [0.25, 0.3) is 11.2 Å². The van der Waals surface area contributed by atoms with Crippen molar-refractivity contribution in [2.75, 3.05) is 0 Å². The average Bonchev–Trinajstić information content (AvgIpc) is 2.73. The molecule has 2 heterocycles. The van der Waals surface area contributed by atoms with Crippen LogP contribution in [0.15, 0.2) is 9.59 Å². The quantitative estimate of drug-likeness (QED) is 0.772. The molecular weight excluding hydrogens is 246 g/mol. The maximum absolute atomic E-state index is 12.3. The molecule has 7 heteroatoms. The lowest BCUT2D eigenvalue weighted by atomic mass is 10.4. The third kappa shape index (κ3) is 1.85. The minimum atomic E-state index is -0.437. The van der Waals surface area contributed by atoms with E-state index in [2.05, 4.69) is 4.98 Å². The number of fused-ring (bicyclic) bond motifs is 1. The second-order valence-corrected chi connectivity index (χ2v) is 4.32. The third-order valence-corrected chi connectivity index (χ3v) is 3.22. The fourth-order valence-corrected chi connectivity index (χ4v) is 2.16. The second-order valence-electron chi connectivity index (χ2n) is 4.32. The molecule has 7 nitrogen and oxygen atoms in total. The molecule has 0 saturated carbocycles. The highest BCUT2D eigenvalue weighted by molar-refractivity contribution is 5.70. The van der Waals surface area contributed by atoms with Gasteiger partial charge in [0.25, 0.3) is 5.56 Å². The van der Waals surface area contributed by atoms with Gasteiger partial charge in [-0.15, -0.1) is 0 Å². The van der Waals surface area contributed by atoms with Crippen molar-refractivity contribution in [1.29, 1.82) is 5.26 Å². The smallest absolute Gasteiger partial charge is 0.325 e. The van der Waals surface area contributed by atoms with Gasteiger partial charge < -0.3 is 4.57 Å². The van der Waals surface area contributed by atoms with Crippen LogP contribution >= 0.6 is 0 Å². The first-order valence-electron chi connectivity index (χ1n) is 6.05. The van der Waals surface area contributed by atoms with Gasteiger partial charge in [0.1, 0.15) is 5.82 Å². The van der Waals surface area contributed by atoms with E-state index in [1.165, 1.54) is 4.57 Å². The predicted molar refractivity (Wildman–Crippen MR) is 69.8 cm³/mol. The Morgan fingerprint density at radius 2 is 1.95 bits per heavy atom. The zero-order valence-electron chi connectivity index (χ0n) is 11.2. The van der Waals surface area contributed by atoms with E-state index in [9.17, 15) is 9.59 Å². The molecule has 0 N–H and O–H groups in total. The number of rotatable bonds is 3. The summed E-state index contributed by atoms with van der Waals surface area (Å²) in [5, 5.41) is 8.60. The normalized spacial score (nSPS) is 10.8. The molecule has 0 amide bonds. The molecule has 0 saturated heterocycles. The molecule has 0 aliphatic heterocycles. The SMILES string of the molecule is CCc1nc2c(c(=O)n(CCC#N)c(=O)n2C)n1C. The molecule has 2 rings (SSSR count). The lowest BCUT2D eigenvalue weighted by Crippen LogP contribution is -2.39. The van der Waals surface area contributed by atoms with E-state index >= 15 is 0 Å². The summed E-state index contributed by atoms with van der Waals surface area (Å²) in [6.45, 7) is 2.04. The molecule has 0 radical (unpaired) electrons. The highest BCUT2D eigenvalue weighted by Crippen LogP contribution is 2.09. The Morgan fingerprint density at radius 1 is 1.26 bits per heavy atom. The lowest BCUT2D eigenvalue weighted by molar-refractivity contribution is 0.611. The number of aryl methyl sites for hydroxylation is 3. The molecule has 0 aliphatic carbocycles. The summed E-state index contributed by atoms with van der Waals surface area (Å²) in [4.78, 5) is 28.7. The van der Waals surface area contributed by atoms with Gasteiger partial charge in [-0.25, -0.2) is 9.78 Å². The summed E-state index contributed by atoms with van der Waals surface area (Å²) in [6, 6.07) is 1.94. The molecule has 19 heavy (non-hydrogen) atoms. The highest BCUT2D eigenvalue weighted by Gasteiger charge is 2.17. The van der Waals surface area contributed by atoms with Crippen LogP contribution in [-0.4, -0.2) is 18.7 Å². The summed E-state index contributed by atoms with van der Waals surface area (Å²) < 4.78 is 4.15. The summed E-state index contributed by atoms with van der Waals surface area (Å²) >= 11 is 0. The Balaban J connectivity index is 2.88. The maximum Gasteiger partial charge on any atom is 0.332 e. The van der Waals surface area contributed by atoms with E-state index in [4.69, 9.17) is 5.26 Å². The van der Waals surface area contributed by atoms with Crippen molar-refractivity contribution in [3.05, 3.63) is 26.7 Å².